The minimum absolute atomic E-state index is 0.176. The molecule has 0 spiro atoms. The Bertz CT molecular complexity index is 1180. The van der Waals surface area contributed by atoms with Gasteiger partial charge in [0.2, 0.25) is 0 Å². The van der Waals surface area contributed by atoms with Crippen molar-refractivity contribution in [1.82, 2.24) is 5.43 Å². The van der Waals surface area contributed by atoms with Crippen molar-refractivity contribution < 1.29 is 13.9 Å². The average molecular weight is 386 g/mol. The van der Waals surface area contributed by atoms with E-state index in [0.29, 0.717) is 5.58 Å². The van der Waals surface area contributed by atoms with Crippen LogP contribution >= 0.6 is 0 Å². The lowest BCUT2D eigenvalue weighted by molar-refractivity contribution is 0.0929. The van der Waals surface area contributed by atoms with Crippen LogP contribution < -0.4 is 10.2 Å². The van der Waals surface area contributed by atoms with E-state index in [1.807, 2.05) is 67.6 Å². The van der Waals surface area contributed by atoms with Crippen LogP contribution in [-0.2, 0) is 0 Å². The van der Waals surface area contributed by atoms with Crippen LogP contribution in [0.25, 0.3) is 21.7 Å². The number of hydrazone groups is 1. The quantitative estimate of drug-likeness (QED) is 0.350. The van der Waals surface area contributed by atoms with Crippen molar-refractivity contribution in [2.75, 3.05) is 0 Å². The summed E-state index contributed by atoms with van der Waals surface area (Å²) in [6, 6.07) is 21.2. The molecule has 0 saturated carbocycles. The lowest BCUT2D eigenvalue weighted by atomic mass is 10.1. The summed E-state index contributed by atoms with van der Waals surface area (Å²) in [4.78, 5) is 12.4. The van der Waals surface area contributed by atoms with Crippen molar-refractivity contribution in [2.24, 2.45) is 5.10 Å². The van der Waals surface area contributed by atoms with Gasteiger partial charge in [0.05, 0.1) is 12.3 Å². The van der Waals surface area contributed by atoms with E-state index in [4.69, 9.17) is 9.15 Å². The van der Waals surface area contributed by atoms with Crippen molar-refractivity contribution in [3.63, 3.8) is 0 Å². The van der Waals surface area contributed by atoms with Crippen LogP contribution in [0.3, 0.4) is 0 Å². The lowest BCUT2D eigenvalue weighted by Gasteiger charge is -2.12. The number of benzene rings is 3. The highest BCUT2D eigenvalue weighted by atomic mass is 16.5. The highest BCUT2D eigenvalue weighted by Gasteiger charge is 2.13. The minimum atomic E-state index is -0.391. The highest BCUT2D eigenvalue weighted by molar-refractivity contribution is 6.08. The lowest BCUT2D eigenvalue weighted by Crippen LogP contribution is -2.16. The van der Waals surface area contributed by atoms with Crippen molar-refractivity contribution in [3.05, 3.63) is 78.1 Å². The van der Waals surface area contributed by atoms with Gasteiger partial charge in [-0.05, 0) is 66.1 Å². The highest BCUT2D eigenvalue weighted by Crippen LogP contribution is 2.28. The van der Waals surface area contributed by atoms with E-state index in [1.54, 1.807) is 12.3 Å². The zero-order valence-corrected chi connectivity index (χ0v) is 16.4. The molecule has 0 bridgehead atoms. The van der Waals surface area contributed by atoms with Gasteiger partial charge in [0.1, 0.15) is 11.3 Å². The molecule has 29 heavy (non-hydrogen) atoms. The fourth-order valence-electron chi connectivity index (χ4n) is 3.07. The van der Waals surface area contributed by atoms with E-state index >= 15 is 0 Å². The molecule has 5 nitrogen and oxygen atoms in total. The zero-order valence-electron chi connectivity index (χ0n) is 16.4. The molecular weight excluding hydrogens is 364 g/mol. The molecule has 146 valence electrons. The number of fused-ring (bicyclic) bond motifs is 3. The van der Waals surface area contributed by atoms with E-state index in [0.717, 1.165) is 33.9 Å². The number of hydrogen-bond donors (Lipinski definition) is 1. The summed E-state index contributed by atoms with van der Waals surface area (Å²) in [6.45, 7) is 4.12. The number of nitrogens with zero attached hydrogens (tertiary/aromatic N) is 1. The maximum atomic E-state index is 12.4. The number of amides is 1. The summed E-state index contributed by atoms with van der Waals surface area (Å²) in [5.41, 5.74) is 4.05. The molecule has 0 saturated heterocycles. The Kier molecular flexibility index (Phi) is 5.29. The SMILES string of the molecule is CC[C@H](C)Oc1ccc(/C=N\NC(=O)c2cc3c(ccc4ccccc43)o2)cc1. The topological polar surface area (TPSA) is 63.8 Å². The number of hydrogen-bond acceptors (Lipinski definition) is 4. The first-order chi connectivity index (χ1) is 14.1. The summed E-state index contributed by atoms with van der Waals surface area (Å²) >= 11 is 0. The zero-order chi connectivity index (χ0) is 20.2. The standard InChI is InChI=1S/C24H22N2O3/c1-3-16(2)28-19-11-8-17(9-12-19)15-25-26-24(27)23-14-21-20-7-5-4-6-18(20)10-13-22(21)29-23/h4-16H,3H2,1-2H3,(H,26,27)/b25-15-/t16-/m0/s1. The van der Waals surface area contributed by atoms with E-state index in [-0.39, 0.29) is 11.9 Å². The van der Waals surface area contributed by atoms with Gasteiger partial charge in [-0.1, -0.05) is 37.3 Å². The first kappa shape index (κ1) is 18.7. The molecule has 0 unspecified atom stereocenters. The van der Waals surface area contributed by atoms with Crippen LogP contribution in [0.4, 0.5) is 0 Å². The van der Waals surface area contributed by atoms with Crippen molar-refractivity contribution in [3.8, 4) is 5.75 Å². The molecule has 0 aliphatic rings. The average Bonchev–Trinajstić information content (AvgIpc) is 3.20. The predicted molar refractivity (Wildman–Crippen MR) is 116 cm³/mol. The Morgan fingerprint density at radius 2 is 1.90 bits per heavy atom. The molecule has 0 aliphatic heterocycles. The fourth-order valence-corrected chi connectivity index (χ4v) is 3.07. The summed E-state index contributed by atoms with van der Waals surface area (Å²) < 4.78 is 11.5. The minimum Gasteiger partial charge on any atom is -0.491 e. The van der Waals surface area contributed by atoms with Crippen LogP contribution in [0.1, 0.15) is 36.4 Å². The molecule has 1 amide bonds. The van der Waals surface area contributed by atoms with Gasteiger partial charge in [0.15, 0.2) is 5.76 Å². The smallest absolute Gasteiger partial charge is 0.307 e. The second-order valence-electron chi connectivity index (χ2n) is 6.91. The van der Waals surface area contributed by atoms with Gasteiger partial charge in [0.25, 0.3) is 0 Å². The number of rotatable bonds is 6. The Hall–Kier alpha value is -3.60. The van der Waals surface area contributed by atoms with Gasteiger partial charge in [0, 0.05) is 5.39 Å². The molecule has 1 atom stereocenters. The van der Waals surface area contributed by atoms with Crippen molar-refractivity contribution >= 4 is 33.9 Å². The largest absolute Gasteiger partial charge is 0.491 e. The number of ether oxygens (including phenoxy) is 1. The van der Waals surface area contributed by atoms with Gasteiger partial charge in [-0.3, -0.25) is 4.79 Å². The van der Waals surface area contributed by atoms with Crippen LogP contribution in [0, 0.1) is 0 Å². The molecule has 1 N–H and O–H groups in total. The van der Waals surface area contributed by atoms with E-state index in [9.17, 15) is 4.79 Å². The Morgan fingerprint density at radius 3 is 2.69 bits per heavy atom. The van der Waals surface area contributed by atoms with Gasteiger partial charge in [-0.15, -0.1) is 0 Å². The third-order valence-electron chi connectivity index (χ3n) is 4.82. The van der Waals surface area contributed by atoms with Gasteiger partial charge >= 0.3 is 5.91 Å². The summed E-state index contributed by atoms with van der Waals surface area (Å²) in [7, 11) is 0. The molecule has 4 rings (SSSR count). The van der Waals surface area contributed by atoms with Gasteiger partial charge in [-0.25, -0.2) is 5.43 Å². The molecular formula is C24H22N2O3. The second kappa shape index (κ2) is 8.19. The summed E-state index contributed by atoms with van der Waals surface area (Å²) in [6.07, 6.45) is 2.71. The van der Waals surface area contributed by atoms with Gasteiger partial charge in [-0.2, -0.15) is 5.10 Å². The van der Waals surface area contributed by atoms with Crippen LogP contribution in [-0.4, -0.2) is 18.2 Å². The molecule has 3 aromatic carbocycles. The first-order valence-corrected chi connectivity index (χ1v) is 9.65. The summed E-state index contributed by atoms with van der Waals surface area (Å²) in [5, 5.41) is 7.10. The van der Waals surface area contributed by atoms with E-state index in [1.165, 1.54) is 0 Å². The Balaban J connectivity index is 1.45. The number of furan rings is 1. The fraction of sp³-hybridized carbons (Fsp3) is 0.167. The molecule has 1 heterocycles. The molecule has 5 heteroatoms. The monoisotopic (exact) mass is 386 g/mol. The number of carbonyl (C=O) groups excluding carboxylic acids is 1. The Labute approximate surface area is 169 Å². The van der Waals surface area contributed by atoms with Crippen LogP contribution in [0.5, 0.6) is 5.75 Å². The molecule has 0 aliphatic carbocycles. The van der Waals surface area contributed by atoms with Crippen LogP contribution in [0.2, 0.25) is 0 Å². The third-order valence-corrected chi connectivity index (χ3v) is 4.82. The van der Waals surface area contributed by atoms with Crippen LogP contribution in [0.15, 0.2) is 76.2 Å². The maximum Gasteiger partial charge on any atom is 0.307 e. The predicted octanol–water partition coefficient (Wildman–Crippen LogP) is 5.53. The second-order valence-corrected chi connectivity index (χ2v) is 6.91. The first-order valence-electron chi connectivity index (χ1n) is 9.65. The molecule has 0 fully saturated rings. The number of nitrogens with one attached hydrogen (secondary N) is 1. The van der Waals surface area contributed by atoms with E-state index in [2.05, 4.69) is 17.5 Å². The van der Waals surface area contributed by atoms with Crippen molar-refractivity contribution in [1.29, 1.82) is 0 Å². The van der Waals surface area contributed by atoms with Crippen molar-refractivity contribution in [2.45, 2.75) is 26.4 Å². The molecule has 4 aromatic rings. The third kappa shape index (κ3) is 4.14. The number of carbonyl (C=O) groups is 1. The molecule has 1 aromatic heterocycles. The summed E-state index contributed by atoms with van der Waals surface area (Å²) in [5.74, 6) is 0.652. The van der Waals surface area contributed by atoms with E-state index < -0.39 is 5.91 Å². The van der Waals surface area contributed by atoms with Gasteiger partial charge < -0.3 is 9.15 Å². The Morgan fingerprint density at radius 1 is 1.10 bits per heavy atom. The maximum absolute atomic E-state index is 12.4. The molecule has 0 radical (unpaired) electrons. The normalized spacial score (nSPS) is 12.5.